The Hall–Kier alpha value is -0.840. The van der Waals surface area contributed by atoms with E-state index in [1.165, 1.54) is 12.1 Å². The summed E-state index contributed by atoms with van der Waals surface area (Å²) in [5.41, 5.74) is 5.75. The zero-order valence-electron chi connectivity index (χ0n) is 11.1. The number of carbonyl (C=O) groups is 1. The highest BCUT2D eigenvalue weighted by atomic mass is 35.5. The van der Waals surface area contributed by atoms with E-state index in [2.05, 4.69) is 5.32 Å². The van der Waals surface area contributed by atoms with Crippen LogP contribution in [0.25, 0.3) is 0 Å². The van der Waals surface area contributed by atoms with Gasteiger partial charge in [-0.1, -0.05) is 24.4 Å². The summed E-state index contributed by atoms with van der Waals surface area (Å²) in [4.78, 5) is 12.1. The van der Waals surface area contributed by atoms with Gasteiger partial charge in [0, 0.05) is 11.1 Å². The fourth-order valence-electron chi connectivity index (χ4n) is 2.60. The third kappa shape index (κ3) is 4.08. The predicted octanol–water partition coefficient (Wildman–Crippen LogP) is 3.15. The van der Waals surface area contributed by atoms with Gasteiger partial charge in [-0.25, -0.2) is 4.39 Å². The summed E-state index contributed by atoms with van der Waals surface area (Å²) >= 11 is 5.67. The van der Waals surface area contributed by atoms with E-state index in [-0.39, 0.29) is 40.9 Å². The van der Waals surface area contributed by atoms with Crippen molar-refractivity contribution >= 4 is 29.9 Å². The van der Waals surface area contributed by atoms with Crippen LogP contribution >= 0.6 is 24.0 Å². The summed E-state index contributed by atoms with van der Waals surface area (Å²) < 4.78 is 13.7. The van der Waals surface area contributed by atoms with E-state index in [1.807, 2.05) is 0 Å². The quantitative estimate of drug-likeness (QED) is 0.898. The number of nitrogens with one attached hydrogen (secondary N) is 1. The fraction of sp³-hybridized carbons (Fsp3) is 0.500. The fourth-order valence-corrected chi connectivity index (χ4v) is 2.76. The minimum atomic E-state index is -0.592. The van der Waals surface area contributed by atoms with Gasteiger partial charge in [-0.2, -0.15) is 0 Å². The Morgan fingerprint density at radius 2 is 2.10 bits per heavy atom. The molecule has 3 nitrogen and oxygen atoms in total. The molecule has 1 aliphatic rings. The summed E-state index contributed by atoms with van der Waals surface area (Å²) in [7, 11) is 0. The lowest BCUT2D eigenvalue weighted by molar-refractivity contribution is 0.0904. The molecule has 0 bridgehead atoms. The molecule has 1 aromatic rings. The van der Waals surface area contributed by atoms with Crippen molar-refractivity contribution in [3.8, 4) is 0 Å². The highest BCUT2D eigenvalue weighted by Gasteiger charge is 2.26. The average molecular weight is 321 g/mol. The topological polar surface area (TPSA) is 55.1 Å². The van der Waals surface area contributed by atoms with Gasteiger partial charge in [0.15, 0.2) is 0 Å². The molecule has 0 saturated heterocycles. The first kappa shape index (κ1) is 17.2. The molecule has 1 aliphatic carbocycles. The van der Waals surface area contributed by atoms with Gasteiger partial charge >= 0.3 is 0 Å². The molecular formula is C14H19Cl2FN2O. The van der Waals surface area contributed by atoms with Gasteiger partial charge in [0.05, 0.1) is 5.56 Å². The second kappa shape index (κ2) is 7.81. The van der Waals surface area contributed by atoms with Crippen LogP contribution < -0.4 is 11.1 Å². The van der Waals surface area contributed by atoms with Crippen LogP contribution in [0.3, 0.4) is 0 Å². The second-order valence-electron chi connectivity index (χ2n) is 4.98. The number of amides is 1. The van der Waals surface area contributed by atoms with Gasteiger partial charge in [0.2, 0.25) is 0 Å². The van der Waals surface area contributed by atoms with E-state index >= 15 is 0 Å². The minimum Gasteiger partial charge on any atom is -0.349 e. The predicted molar refractivity (Wildman–Crippen MR) is 80.9 cm³/mol. The molecule has 6 heteroatoms. The first-order chi connectivity index (χ1) is 9.11. The molecule has 1 fully saturated rings. The van der Waals surface area contributed by atoms with E-state index in [0.29, 0.717) is 6.54 Å². The zero-order valence-corrected chi connectivity index (χ0v) is 12.6. The Morgan fingerprint density at radius 1 is 1.40 bits per heavy atom. The standard InChI is InChI=1S/C14H18ClFN2O.ClH/c15-10-5-6-11(12(16)7-10)14(19)18-13-4-2-1-3-9(13)8-17;/h5-7,9,13H,1-4,8,17H2,(H,18,19);1H. The summed E-state index contributed by atoms with van der Waals surface area (Å²) in [6.07, 6.45) is 4.14. The molecular weight excluding hydrogens is 302 g/mol. The van der Waals surface area contributed by atoms with E-state index in [4.69, 9.17) is 17.3 Å². The average Bonchev–Trinajstić information content (AvgIpc) is 2.39. The molecule has 0 aromatic heterocycles. The lowest BCUT2D eigenvalue weighted by atomic mass is 9.84. The third-order valence-corrected chi connectivity index (χ3v) is 3.94. The smallest absolute Gasteiger partial charge is 0.254 e. The number of carbonyl (C=O) groups excluding carboxylic acids is 1. The minimum absolute atomic E-state index is 0. The van der Waals surface area contributed by atoms with E-state index < -0.39 is 5.82 Å². The van der Waals surface area contributed by atoms with Gasteiger partial charge in [0.1, 0.15) is 5.82 Å². The van der Waals surface area contributed by atoms with Crippen LogP contribution in [-0.2, 0) is 0 Å². The Labute approximate surface area is 129 Å². The van der Waals surface area contributed by atoms with Crippen LogP contribution in [0.15, 0.2) is 18.2 Å². The Morgan fingerprint density at radius 3 is 2.75 bits per heavy atom. The molecule has 3 N–H and O–H groups in total. The molecule has 1 saturated carbocycles. The van der Waals surface area contributed by atoms with Crippen molar-refractivity contribution in [3.05, 3.63) is 34.6 Å². The maximum absolute atomic E-state index is 13.7. The van der Waals surface area contributed by atoms with Gasteiger partial charge in [-0.3, -0.25) is 4.79 Å². The van der Waals surface area contributed by atoms with Crippen molar-refractivity contribution in [3.63, 3.8) is 0 Å². The Bertz CT molecular complexity index is 470. The van der Waals surface area contributed by atoms with Crippen LogP contribution in [0.1, 0.15) is 36.0 Å². The first-order valence-electron chi connectivity index (χ1n) is 6.58. The molecule has 0 radical (unpaired) electrons. The highest BCUT2D eigenvalue weighted by Crippen LogP contribution is 2.24. The van der Waals surface area contributed by atoms with Crippen LogP contribution in [0.4, 0.5) is 4.39 Å². The Balaban J connectivity index is 0.00000200. The molecule has 2 rings (SSSR count). The monoisotopic (exact) mass is 320 g/mol. The van der Waals surface area contributed by atoms with Crippen molar-refractivity contribution in [2.45, 2.75) is 31.7 Å². The van der Waals surface area contributed by atoms with Crippen LogP contribution in [0, 0.1) is 11.7 Å². The lowest BCUT2D eigenvalue weighted by Gasteiger charge is -2.31. The van der Waals surface area contributed by atoms with Gasteiger partial charge < -0.3 is 11.1 Å². The third-order valence-electron chi connectivity index (χ3n) is 3.70. The lowest BCUT2D eigenvalue weighted by Crippen LogP contribution is -2.44. The maximum atomic E-state index is 13.7. The molecule has 20 heavy (non-hydrogen) atoms. The van der Waals surface area contributed by atoms with Crippen molar-refractivity contribution in [2.24, 2.45) is 11.7 Å². The molecule has 1 aromatic carbocycles. The van der Waals surface area contributed by atoms with Gasteiger partial charge in [-0.05, 0) is 43.5 Å². The van der Waals surface area contributed by atoms with Crippen molar-refractivity contribution in [1.29, 1.82) is 0 Å². The number of hydrogen-bond donors (Lipinski definition) is 2. The molecule has 0 heterocycles. The van der Waals surface area contributed by atoms with E-state index in [0.717, 1.165) is 31.7 Å². The molecule has 112 valence electrons. The molecule has 0 aliphatic heterocycles. The highest BCUT2D eigenvalue weighted by molar-refractivity contribution is 6.30. The van der Waals surface area contributed by atoms with Crippen molar-refractivity contribution in [1.82, 2.24) is 5.32 Å². The summed E-state index contributed by atoms with van der Waals surface area (Å²) in [5.74, 6) is -0.697. The van der Waals surface area contributed by atoms with Crippen molar-refractivity contribution in [2.75, 3.05) is 6.54 Å². The SMILES string of the molecule is Cl.NCC1CCCCC1NC(=O)c1ccc(Cl)cc1F. The maximum Gasteiger partial charge on any atom is 0.254 e. The number of benzene rings is 1. The van der Waals surface area contributed by atoms with E-state index in [1.54, 1.807) is 0 Å². The van der Waals surface area contributed by atoms with Crippen LogP contribution in [0.5, 0.6) is 0 Å². The molecule has 2 atom stereocenters. The van der Waals surface area contributed by atoms with Crippen LogP contribution in [0.2, 0.25) is 5.02 Å². The molecule has 2 unspecified atom stereocenters. The normalized spacial score (nSPS) is 21.9. The zero-order chi connectivity index (χ0) is 13.8. The number of hydrogen-bond acceptors (Lipinski definition) is 2. The number of rotatable bonds is 3. The summed E-state index contributed by atoms with van der Waals surface area (Å²) in [6.45, 7) is 0.550. The summed E-state index contributed by atoms with van der Waals surface area (Å²) in [5, 5.41) is 3.18. The first-order valence-corrected chi connectivity index (χ1v) is 6.95. The van der Waals surface area contributed by atoms with Gasteiger partial charge in [0.25, 0.3) is 5.91 Å². The number of nitrogens with two attached hydrogens (primary N) is 1. The molecule has 1 amide bonds. The van der Waals surface area contributed by atoms with Crippen LogP contribution in [-0.4, -0.2) is 18.5 Å². The van der Waals surface area contributed by atoms with Crippen molar-refractivity contribution < 1.29 is 9.18 Å². The Kier molecular flexibility index (Phi) is 6.72. The largest absolute Gasteiger partial charge is 0.349 e. The second-order valence-corrected chi connectivity index (χ2v) is 5.42. The number of halogens is 3. The molecule has 0 spiro atoms. The summed E-state index contributed by atoms with van der Waals surface area (Å²) in [6, 6.07) is 4.12. The van der Waals surface area contributed by atoms with E-state index in [9.17, 15) is 9.18 Å². The van der Waals surface area contributed by atoms with Gasteiger partial charge in [-0.15, -0.1) is 12.4 Å².